The zero-order chi connectivity index (χ0) is 13.9. The summed E-state index contributed by atoms with van der Waals surface area (Å²) in [7, 11) is 0. The SMILES string of the molecule is CCCOc1ccc(C(=O)N2CCC(C)(O)C2)cc1. The van der Waals surface area contributed by atoms with Gasteiger partial charge in [-0.15, -0.1) is 0 Å². The second-order valence-corrected chi connectivity index (χ2v) is 5.35. The molecule has 0 saturated carbocycles. The number of rotatable bonds is 4. The van der Waals surface area contributed by atoms with Crippen LogP contribution in [0.25, 0.3) is 0 Å². The lowest BCUT2D eigenvalue weighted by Crippen LogP contribution is -2.33. The third-order valence-corrected chi connectivity index (χ3v) is 3.31. The summed E-state index contributed by atoms with van der Waals surface area (Å²) < 4.78 is 5.48. The lowest BCUT2D eigenvalue weighted by Gasteiger charge is -2.19. The van der Waals surface area contributed by atoms with Crippen LogP contribution >= 0.6 is 0 Å². The van der Waals surface area contributed by atoms with Crippen LogP contribution in [0.3, 0.4) is 0 Å². The molecule has 1 saturated heterocycles. The molecule has 104 valence electrons. The molecule has 1 N–H and O–H groups in total. The zero-order valence-electron chi connectivity index (χ0n) is 11.6. The molecule has 1 aliphatic rings. The Hall–Kier alpha value is -1.55. The van der Waals surface area contributed by atoms with Gasteiger partial charge in [-0.25, -0.2) is 0 Å². The molecule has 1 aromatic carbocycles. The molecule has 0 bridgehead atoms. The van der Waals surface area contributed by atoms with E-state index in [1.54, 1.807) is 24.0 Å². The number of hydrogen-bond acceptors (Lipinski definition) is 3. The van der Waals surface area contributed by atoms with Gasteiger partial charge in [0.25, 0.3) is 5.91 Å². The topological polar surface area (TPSA) is 49.8 Å². The highest BCUT2D eigenvalue weighted by atomic mass is 16.5. The summed E-state index contributed by atoms with van der Waals surface area (Å²) in [6.45, 7) is 5.52. The summed E-state index contributed by atoms with van der Waals surface area (Å²) in [6.07, 6.45) is 1.60. The monoisotopic (exact) mass is 263 g/mol. The molecular formula is C15H21NO3. The summed E-state index contributed by atoms with van der Waals surface area (Å²) in [6, 6.07) is 7.19. The molecule has 0 aliphatic carbocycles. The highest BCUT2D eigenvalue weighted by Gasteiger charge is 2.34. The van der Waals surface area contributed by atoms with Gasteiger partial charge in [0.2, 0.25) is 0 Å². The Kier molecular flexibility index (Phi) is 4.10. The Bertz CT molecular complexity index is 439. The van der Waals surface area contributed by atoms with Gasteiger partial charge >= 0.3 is 0 Å². The number of benzene rings is 1. The summed E-state index contributed by atoms with van der Waals surface area (Å²) in [5.41, 5.74) is -0.110. The predicted molar refractivity (Wildman–Crippen MR) is 73.4 cm³/mol. The van der Waals surface area contributed by atoms with Crippen LogP contribution < -0.4 is 4.74 Å². The van der Waals surface area contributed by atoms with Crippen molar-refractivity contribution in [3.63, 3.8) is 0 Å². The number of amides is 1. The molecule has 1 aromatic rings. The van der Waals surface area contributed by atoms with Crippen molar-refractivity contribution in [1.29, 1.82) is 0 Å². The van der Waals surface area contributed by atoms with Crippen molar-refractivity contribution in [2.24, 2.45) is 0 Å². The van der Waals surface area contributed by atoms with Gasteiger partial charge in [-0.3, -0.25) is 4.79 Å². The minimum Gasteiger partial charge on any atom is -0.494 e. The van der Waals surface area contributed by atoms with E-state index in [2.05, 4.69) is 6.92 Å². The van der Waals surface area contributed by atoms with Crippen LogP contribution in [0.15, 0.2) is 24.3 Å². The van der Waals surface area contributed by atoms with E-state index in [0.717, 1.165) is 12.2 Å². The average Bonchev–Trinajstić information content (AvgIpc) is 2.76. The maximum absolute atomic E-state index is 12.2. The van der Waals surface area contributed by atoms with Crippen LogP contribution in [0.5, 0.6) is 5.75 Å². The number of nitrogens with zero attached hydrogens (tertiary/aromatic N) is 1. The Morgan fingerprint density at radius 2 is 2.11 bits per heavy atom. The summed E-state index contributed by atoms with van der Waals surface area (Å²) in [4.78, 5) is 13.9. The van der Waals surface area contributed by atoms with E-state index >= 15 is 0 Å². The molecule has 1 amide bonds. The largest absolute Gasteiger partial charge is 0.494 e. The highest BCUT2D eigenvalue weighted by molar-refractivity contribution is 5.94. The normalized spacial score (nSPS) is 22.6. The summed E-state index contributed by atoms with van der Waals surface area (Å²) >= 11 is 0. The van der Waals surface area contributed by atoms with Crippen LogP contribution in [0, 0.1) is 0 Å². The zero-order valence-corrected chi connectivity index (χ0v) is 11.6. The van der Waals surface area contributed by atoms with Crippen molar-refractivity contribution >= 4 is 5.91 Å². The molecule has 1 heterocycles. The molecule has 0 aromatic heterocycles. The van der Waals surface area contributed by atoms with Gasteiger partial charge in [0, 0.05) is 18.7 Å². The fourth-order valence-corrected chi connectivity index (χ4v) is 2.21. The Morgan fingerprint density at radius 1 is 1.42 bits per heavy atom. The quantitative estimate of drug-likeness (QED) is 0.904. The molecule has 4 heteroatoms. The van der Waals surface area contributed by atoms with E-state index in [1.165, 1.54) is 0 Å². The molecule has 1 atom stereocenters. The Morgan fingerprint density at radius 3 is 2.63 bits per heavy atom. The lowest BCUT2D eigenvalue weighted by atomic mass is 10.1. The van der Waals surface area contributed by atoms with Crippen LogP contribution in [-0.2, 0) is 0 Å². The van der Waals surface area contributed by atoms with E-state index in [0.29, 0.717) is 31.7 Å². The number of carbonyl (C=O) groups is 1. The number of hydrogen-bond donors (Lipinski definition) is 1. The van der Waals surface area contributed by atoms with Crippen molar-refractivity contribution in [3.05, 3.63) is 29.8 Å². The van der Waals surface area contributed by atoms with Gasteiger partial charge in [-0.05, 0) is 44.0 Å². The van der Waals surface area contributed by atoms with E-state index in [1.807, 2.05) is 12.1 Å². The van der Waals surface area contributed by atoms with Gasteiger partial charge in [0.1, 0.15) is 5.75 Å². The van der Waals surface area contributed by atoms with Crippen molar-refractivity contribution in [2.45, 2.75) is 32.3 Å². The second-order valence-electron chi connectivity index (χ2n) is 5.35. The van der Waals surface area contributed by atoms with Crippen molar-refractivity contribution in [3.8, 4) is 5.75 Å². The first-order valence-electron chi connectivity index (χ1n) is 6.76. The number of β-amino-alcohol motifs (C(OH)–C–C–N with tert-alkyl or cyclic N) is 1. The van der Waals surface area contributed by atoms with Crippen molar-refractivity contribution < 1.29 is 14.6 Å². The van der Waals surface area contributed by atoms with E-state index in [9.17, 15) is 9.90 Å². The molecule has 0 radical (unpaired) electrons. The van der Waals surface area contributed by atoms with Gasteiger partial charge in [-0.2, -0.15) is 0 Å². The molecule has 4 nitrogen and oxygen atoms in total. The number of likely N-dealkylation sites (tertiary alicyclic amines) is 1. The van der Waals surface area contributed by atoms with Gasteiger partial charge in [0.05, 0.1) is 12.2 Å². The van der Waals surface area contributed by atoms with Crippen molar-refractivity contribution in [2.75, 3.05) is 19.7 Å². The first kappa shape index (κ1) is 13.9. The third-order valence-electron chi connectivity index (χ3n) is 3.31. The molecule has 0 spiro atoms. The first-order valence-corrected chi connectivity index (χ1v) is 6.76. The van der Waals surface area contributed by atoms with Crippen LogP contribution in [0.2, 0.25) is 0 Å². The number of ether oxygens (including phenoxy) is 1. The molecular weight excluding hydrogens is 242 g/mol. The fourth-order valence-electron chi connectivity index (χ4n) is 2.21. The summed E-state index contributed by atoms with van der Waals surface area (Å²) in [5.74, 6) is 0.756. The number of carbonyl (C=O) groups excluding carboxylic acids is 1. The fraction of sp³-hybridized carbons (Fsp3) is 0.533. The smallest absolute Gasteiger partial charge is 0.253 e. The molecule has 1 aliphatic heterocycles. The summed E-state index contributed by atoms with van der Waals surface area (Å²) in [5, 5.41) is 9.89. The lowest BCUT2D eigenvalue weighted by molar-refractivity contribution is 0.0572. The minimum atomic E-state index is -0.750. The van der Waals surface area contributed by atoms with Crippen molar-refractivity contribution in [1.82, 2.24) is 4.90 Å². The number of aliphatic hydroxyl groups is 1. The Balaban J connectivity index is 2.00. The van der Waals surface area contributed by atoms with Crippen LogP contribution in [-0.4, -0.2) is 41.2 Å². The molecule has 19 heavy (non-hydrogen) atoms. The maximum Gasteiger partial charge on any atom is 0.253 e. The first-order chi connectivity index (χ1) is 9.02. The van der Waals surface area contributed by atoms with E-state index in [-0.39, 0.29) is 5.91 Å². The molecule has 1 fully saturated rings. The standard InChI is InChI=1S/C15H21NO3/c1-3-10-19-13-6-4-12(5-7-13)14(17)16-9-8-15(2,18)11-16/h4-7,18H,3,8-11H2,1-2H3. The van der Waals surface area contributed by atoms with E-state index in [4.69, 9.17) is 4.74 Å². The predicted octanol–water partition coefficient (Wildman–Crippen LogP) is 2.07. The second kappa shape index (κ2) is 5.61. The van der Waals surface area contributed by atoms with E-state index < -0.39 is 5.60 Å². The Labute approximate surface area is 114 Å². The van der Waals surface area contributed by atoms with Gasteiger partial charge in [0.15, 0.2) is 0 Å². The highest BCUT2D eigenvalue weighted by Crippen LogP contribution is 2.22. The van der Waals surface area contributed by atoms with Gasteiger partial charge in [-0.1, -0.05) is 6.92 Å². The molecule has 2 rings (SSSR count). The van der Waals surface area contributed by atoms with Gasteiger partial charge < -0.3 is 14.7 Å². The van der Waals surface area contributed by atoms with Crippen LogP contribution in [0.4, 0.5) is 0 Å². The minimum absolute atomic E-state index is 0.0279. The average molecular weight is 263 g/mol. The third kappa shape index (κ3) is 3.47. The maximum atomic E-state index is 12.2. The molecule has 1 unspecified atom stereocenters. The van der Waals surface area contributed by atoms with Crippen LogP contribution in [0.1, 0.15) is 37.0 Å².